The molecule has 3 N–H and O–H groups in total. The fraction of sp³-hybridized carbons (Fsp3) is 0.267. The first-order valence-electron chi connectivity index (χ1n) is 6.96. The Labute approximate surface area is 129 Å². The summed E-state index contributed by atoms with van der Waals surface area (Å²) in [7, 11) is 0. The molecule has 1 aliphatic carbocycles. The molecule has 1 amide bonds. The van der Waals surface area contributed by atoms with E-state index in [2.05, 4.69) is 15.5 Å². The Morgan fingerprint density at radius 1 is 1.17 bits per heavy atom. The molecule has 3 rings (SSSR count). The van der Waals surface area contributed by atoms with Crippen LogP contribution in [0.15, 0.2) is 30.3 Å². The molecule has 1 heterocycles. The lowest BCUT2D eigenvalue weighted by Gasteiger charge is -2.15. The lowest BCUT2D eigenvalue weighted by Crippen LogP contribution is -2.17. The van der Waals surface area contributed by atoms with Crippen molar-refractivity contribution in [1.29, 1.82) is 0 Å². The highest BCUT2D eigenvalue weighted by molar-refractivity contribution is 5.95. The molecule has 1 saturated carbocycles. The quantitative estimate of drug-likeness (QED) is 0.910. The molecule has 0 atom stereocenters. The minimum atomic E-state index is -4.56. The number of aromatic nitrogens is 2. The third kappa shape index (κ3) is 3.41. The van der Waals surface area contributed by atoms with Crippen LogP contribution in [0.5, 0.6) is 0 Å². The van der Waals surface area contributed by atoms with E-state index < -0.39 is 17.6 Å². The van der Waals surface area contributed by atoms with Crippen LogP contribution in [0.4, 0.5) is 24.7 Å². The molecule has 5 nitrogen and oxygen atoms in total. The second-order valence-corrected chi connectivity index (χ2v) is 5.37. The number of hydrogen-bond donors (Lipinski definition) is 2. The number of anilines is 2. The van der Waals surface area contributed by atoms with Crippen LogP contribution in [0.2, 0.25) is 0 Å². The number of carbonyl (C=O) groups is 1. The Morgan fingerprint density at radius 3 is 2.48 bits per heavy atom. The van der Waals surface area contributed by atoms with E-state index >= 15 is 0 Å². The lowest BCUT2D eigenvalue weighted by molar-refractivity contribution is -0.137. The predicted molar refractivity (Wildman–Crippen MR) is 78.2 cm³/mol. The van der Waals surface area contributed by atoms with Gasteiger partial charge in [0.15, 0.2) is 0 Å². The second-order valence-electron chi connectivity index (χ2n) is 5.37. The summed E-state index contributed by atoms with van der Waals surface area (Å²) in [6.07, 6.45) is -3.15. The van der Waals surface area contributed by atoms with Crippen LogP contribution in [-0.2, 0) is 11.0 Å². The highest BCUT2D eigenvalue weighted by Gasteiger charge is 2.36. The van der Waals surface area contributed by atoms with Crippen molar-refractivity contribution in [2.45, 2.75) is 19.0 Å². The normalized spacial score (nSPS) is 14.6. The molecule has 0 unspecified atom stereocenters. The second kappa shape index (κ2) is 5.53. The van der Waals surface area contributed by atoms with Gasteiger partial charge in [0.2, 0.25) is 5.91 Å². The van der Waals surface area contributed by atoms with E-state index in [0.29, 0.717) is 24.1 Å². The molecule has 1 aliphatic rings. The Bertz CT molecular complexity index is 739. The number of nitrogens with zero attached hydrogens (tertiary/aromatic N) is 2. The predicted octanol–water partition coefficient (Wildman–Crippen LogP) is 3.09. The van der Waals surface area contributed by atoms with Crippen LogP contribution in [0.3, 0.4) is 0 Å². The monoisotopic (exact) mass is 322 g/mol. The van der Waals surface area contributed by atoms with Gasteiger partial charge in [0.25, 0.3) is 0 Å². The molecule has 0 radical (unpaired) electrons. The Morgan fingerprint density at radius 2 is 1.91 bits per heavy atom. The van der Waals surface area contributed by atoms with Crippen LogP contribution in [0, 0.1) is 5.92 Å². The van der Waals surface area contributed by atoms with Gasteiger partial charge in [-0.3, -0.25) is 4.79 Å². The molecular weight excluding hydrogens is 309 g/mol. The molecule has 8 heteroatoms. The molecule has 1 aromatic carbocycles. The van der Waals surface area contributed by atoms with E-state index in [1.807, 2.05) is 0 Å². The van der Waals surface area contributed by atoms with Gasteiger partial charge in [0, 0.05) is 11.5 Å². The molecular formula is C15H13F3N4O. The van der Waals surface area contributed by atoms with Crippen molar-refractivity contribution < 1.29 is 18.0 Å². The zero-order chi connectivity index (χ0) is 16.6. The number of nitrogen functional groups attached to an aromatic ring is 1. The van der Waals surface area contributed by atoms with Crippen LogP contribution < -0.4 is 11.1 Å². The zero-order valence-electron chi connectivity index (χ0n) is 11.9. The van der Waals surface area contributed by atoms with Gasteiger partial charge in [0.05, 0.1) is 16.9 Å². The molecule has 1 fully saturated rings. The van der Waals surface area contributed by atoms with Crippen molar-refractivity contribution in [2.24, 2.45) is 5.92 Å². The van der Waals surface area contributed by atoms with E-state index in [9.17, 15) is 18.0 Å². The third-order valence-electron chi connectivity index (χ3n) is 3.51. The maximum Gasteiger partial charge on any atom is 0.418 e. The number of benzene rings is 1. The van der Waals surface area contributed by atoms with Gasteiger partial charge in [-0.05, 0) is 37.1 Å². The van der Waals surface area contributed by atoms with Crippen LogP contribution >= 0.6 is 0 Å². The van der Waals surface area contributed by atoms with Gasteiger partial charge >= 0.3 is 6.18 Å². The smallest absolute Gasteiger partial charge is 0.382 e. The number of nitrogens with two attached hydrogens (primary N) is 1. The van der Waals surface area contributed by atoms with E-state index in [1.54, 1.807) is 6.07 Å². The first-order valence-corrected chi connectivity index (χ1v) is 6.96. The van der Waals surface area contributed by atoms with Crippen molar-refractivity contribution in [1.82, 2.24) is 10.2 Å². The van der Waals surface area contributed by atoms with Crippen LogP contribution in [-0.4, -0.2) is 16.1 Å². The zero-order valence-corrected chi connectivity index (χ0v) is 11.9. The number of carbonyl (C=O) groups excluding carboxylic acids is 1. The van der Waals surface area contributed by atoms with Gasteiger partial charge in [-0.2, -0.15) is 13.2 Å². The lowest BCUT2D eigenvalue weighted by atomic mass is 10.1. The first-order chi connectivity index (χ1) is 10.8. The van der Waals surface area contributed by atoms with Gasteiger partial charge < -0.3 is 11.1 Å². The van der Waals surface area contributed by atoms with Crippen molar-refractivity contribution in [3.63, 3.8) is 0 Å². The molecule has 23 heavy (non-hydrogen) atoms. The van der Waals surface area contributed by atoms with Gasteiger partial charge in [-0.15, -0.1) is 10.2 Å². The van der Waals surface area contributed by atoms with E-state index in [-0.39, 0.29) is 17.4 Å². The summed E-state index contributed by atoms with van der Waals surface area (Å²) in [6, 6.07) is 6.52. The average molecular weight is 322 g/mol. The molecule has 1 aromatic heterocycles. The van der Waals surface area contributed by atoms with Crippen molar-refractivity contribution >= 4 is 17.4 Å². The van der Waals surface area contributed by atoms with Crippen molar-refractivity contribution in [3.05, 3.63) is 35.9 Å². The number of nitrogens with one attached hydrogen (secondary N) is 1. The number of halogens is 3. The van der Waals surface area contributed by atoms with E-state index in [4.69, 9.17) is 5.73 Å². The number of amides is 1. The number of hydrogen-bond acceptors (Lipinski definition) is 4. The first kappa shape index (κ1) is 15.3. The van der Waals surface area contributed by atoms with Crippen LogP contribution in [0.25, 0.3) is 11.3 Å². The highest BCUT2D eigenvalue weighted by atomic mass is 19.4. The third-order valence-corrected chi connectivity index (χ3v) is 3.51. The summed E-state index contributed by atoms with van der Waals surface area (Å²) in [6.45, 7) is 0. The molecule has 0 saturated heterocycles. The molecule has 0 bridgehead atoms. The maximum absolute atomic E-state index is 13.1. The molecule has 0 spiro atoms. The summed E-state index contributed by atoms with van der Waals surface area (Å²) >= 11 is 0. The van der Waals surface area contributed by atoms with Gasteiger partial charge in [-0.25, -0.2) is 0 Å². The van der Waals surface area contributed by atoms with E-state index in [0.717, 1.165) is 6.07 Å². The number of alkyl halides is 3. The topological polar surface area (TPSA) is 80.9 Å². The molecule has 2 aromatic rings. The van der Waals surface area contributed by atoms with Gasteiger partial charge in [0.1, 0.15) is 5.82 Å². The van der Waals surface area contributed by atoms with Crippen molar-refractivity contribution in [2.75, 3.05) is 11.1 Å². The maximum atomic E-state index is 13.1. The standard InChI is InChI=1S/C15H13F3N4O/c16-15(17,18)10-4-3-9(11-5-6-13(19)22-21-11)7-12(10)20-14(23)8-1-2-8/h3-8H,1-2H2,(H2,19,22)(H,20,23). The minimum Gasteiger partial charge on any atom is -0.382 e. The van der Waals surface area contributed by atoms with E-state index in [1.165, 1.54) is 18.2 Å². The summed E-state index contributed by atoms with van der Waals surface area (Å²) in [5.74, 6) is -0.380. The fourth-order valence-electron chi connectivity index (χ4n) is 2.13. The fourth-order valence-corrected chi connectivity index (χ4v) is 2.13. The minimum absolute atomic E-state index is 0.198. The van der Waals surface area contributed by atoms with Gasteiger partial charge in [-0.1, -0.05) is 6.07 Å². The number of rotatable bonds is 3. The summed E-state index contributed by atoms with van der Waals surface area (Å²) in [5.41, 5.74) is 5.06. The Hall–Kier alpha value is -2.64. The summed E-state index contributed by atoms with van der Waals surface area (Å²) in [5, 5.41) is 9.88. The Kier molecular flexibility index (Phi) is 3.67. The van der Waals surface area contributed by atoms with Crippen molar-refractivity contribution in [3.8, 4) is 11.3 Å². The molecule has 0 aliphatic heterocycles. The highest BCUT2D eigenvalue weighted by Crippen LogP contribution is 2.38. The SMILES string of the molecule is Nc1ccc(-c2ccc(C(F)(F)F)c(NC(=O)C3CC3)c2)nn1. The molecule has 120 valence electrons. The average Bonchev–Trinajstić information content (AvgIpc) is 3.31. The Balaban J connectivity index is 1.99. The van der Waals surface area contributed by atoms with Crippen LogP contribution in [0.1, 0.15) is 18.4 Å². The summed E-state index contributed by atoms with van der Waals surface area (Å²) < 4.78 is 39.3. The summed E-state index contributed by atoms with van der Waals surface area (Å²) in [4.78, 5) is 11.8. The largest absolute Gasteiger partial charge is 0.418 e.